The standard InChI is InChI=1S/C22H25N5OS2/c1-5-10-30-22-25-21-23-15(4)17(20(28)24-16-8-6-7-13(2)12-16)18(27(21)26-22)19-14(3)9-11-29-19/h6-9,11-12,18H,5,10H2,1-4H3,(H,24,28)(H,23,25,26). The quantitative estimate of drug-likeness (QED) is 0.504. The molecule has 1 amide bonds. The molecular weight excluding hydrogens is 414 g/mol. The lowest BCUT2D eigenvalue weighted by molar-refractivity contribution is -0.113. The number of aryl methyl sites for hydroxylation is 2. The lowest BCUT2D eigenvalue weighted by Crippen LogP contribution is -2.31. The highest BCUT2D eigenvalue weighted by Crippen LogP contribution is 2.40. The molecular formula is C22H25N5OS2. The largest absolute Gasteiger partial charge is 0.328 e. The summed E-state index contributed by atoms with van der Waals surface area (Å²) in [7, 11) is 0. The molecule has 0 aliphatic carbocycles. The van der Waals surface area contributed by atoms with Crippen LogP contribution in [0.2, 0.25) is 0 Å². The Hall–Kier alpha value is -2.58. The molecule has 1 aromatic carbocycles. The number of allylic oxidation sites excluding steroid dienone is 1. The highest BCUT2D eigenvalue weighted by atomic mass is 32.2. The highest BCUT2D eigenvalue weighted by Gasteiger charge is 2.35. The Morgan fingerprint density at radius 2 is 2.13 bits per heavy atom. The smallest absolute Gasteiger partial charge is 0.255 e. The van der Waals surface area contributed by atoms with Crippen LogP contribution in [0.25, 0.3) is 0 Å². The lowest BCUT2D eigenvalue weighted by atomic mass is 9.98. The van der Waals surface area contributed by atoms with Gasteiger partial charge in [-0.25, -0.2) is 4.68 Å². The van der Waals surface area contributed by atoms with E-state index in [1.165, 1.54) is 0 Å². The lowest BCUT2D eigenvalue weighted by Gasteiger charge is -2.28. The SMILES string of the molecule is CCCSc1nc2n(n1)C(c1sccc1C)C(C(=O)Nc1cccc(C)c1)=C(C)N2. The van der Waals surface area contributed by atoms with Gasteiger partial charge in [0.25, 0.3) is 5.91 Å². The van der Waals surface area contributed by atoms with Gasteiger partial charge >= 0.3 is 0 Å². The summed E-state index contributed by atoms with van der Waals surface area (Å²) in [6.07, 6.45) is 1.05. The molecule has 156 valence electrons. The van der Waals surface area contributed by atoms with Crippen molar-refractivity contribution < 1.29 is 4.79 Å². The zero-order chi connectivity index (χ0) is 21.3. The molecule has 0 radical (unpaired) electrons. The average molecular weight is 440 g/mol. The molecule has 4 rings (SSSR count). The molecule has 0 spiro atoms. The number of nitrogens with zero attached hydrogens (tertiary/aromatic N) is 3. The van der Waals surface area contributed by atoms with Gasteiger partial charge in [-0.3, -0.25) is 4.79 Å². The van der Waals surface area contributed by atoms with E-state index in [4.69, 9.17) is 5.10 Å². The summed E-state index contributed by atoms with van der Waals surface area (Å²) in [6.45, 7) is 8.15. The molecule has 8 heteroatoms. The number of rotatable bonds is 6. The molecule has 1 aliphatic heterocycles. The Kier molecular flexibility index (Phi) is 5.97. The monoisotopic (exact) mass is 439 g/mol. The first kappa shape index (κ1) is 20.7. The van der Waals surface area contributed by atoms with Gasteiger partial charge in [0.2, 0.25) is 11.1 Å². The van der Waals surface area contributed by atoms with E-state index >= 15 is 0 Å². The van der Waals surface area contributed by atoms with Crippen LogP contribution in [0.1, 0.15) is 42.3 Å². The number of carbonyl (C=O) groups is 1. The van der Waals surface area contributed by atoms with Crippen molar-refractivity contribution in [2.24, 2.45) is 0 Å². The minimum atomic E-state index is -0.311. The number of fused-ring (bicyclic) bond motifs is 1. The minimum Gasteiger partial charge on any atom is -0.328 e. The minimum absolute atomic E-state index is 0.132. The fraction of sp³-hybridized carbons (Fsp3) is 0.318. The number of hydrogen-bond acceptors (Lipinski definition) is 6. The van der Waals surface area contributed by atoms with Crippen LogP contribution >= 0.6 is 23.1 Å². The zero-order valence-corrected chi connectivity index (χ0v) is 19.2. The number of benzene rings is 1. The number of anilines is 2. The summed E-state index contributed by atoms with van der Waals surface area (Å²) >= 11 is 3.28. The van der Waals surface area contributed by atoms with E-state index in [1.54, 1.807) is 23.1 Å². The second kappa shape index (κ2) is 8.65. The van der Waals surface area contributed by atoms with E-state index in [0.29, 0.717) is 11.5 Å². The Labute approximate surface area is 184 Å². The van der Waals surface area contributed by atoms with Crippen molar-refractivity contribution in [3.63, 3.8) is 0 Å². The van der Waals surface area contributed by atoms with E-state index < -0.39 is 0 Å². The maximum Gasteiger partial charge on any atom is 0.255 e. The molecule has 2 N–H and O–H groups in total. The molecule has 6 nitrogen and oxygen atoms in total. The molecule has 0 bridgehead atoms. The van der Waals surface area contributed by atoms with Gasteiger partial charge in [-0.1, -0.05) is 30.8 Å². The Balaban J connectivity index is 1.75. The van der Waals surface area contributed by atoms with E-state index in [1.807, 2.05) is 42.8 Å². The maximum atomic E-state index is 13.4. The third kappa shape index (κ3) is 4.02. The van der Waals surface area contributed by atoms with Gasteiger partial charge in [0.05, 0.1) is 5.57 Å². The van der Waals surface area contributed by atoms with Crippen LogP contribution in [-0.2, 0) is 4.79 Å². The number of aromatic nitrogens is 3. The van der Waals surface area contributed by atoms with Gasteiger partial charge < -0.3 is 10.6 Å². The van der Waals surface area contributed by atoms with Gasteiger partial charge in [-0.2, -0.15) is 4.98 Å². The van der Waals surface area contributed by atoms with Crippen molar-refractivity contribution in [1.82, 2.24) is 14.8 Å². The molecule has 3 heterocycles. The van der Waals surface area contributed by atoms with Crippen molar-refractivity contribution in [3.8, 4) is 0 Å². The van der Waals surface area contributed by atoms with Crippen LogP contribution in [0.4, 0.5) is 11.6 Å². The van der Waals surface area contributed by atoms with Crippen molar-refractivity contribution in [2.75, 3.05) is 16.4 Å². The second-order valence-corrected chi connectivity index (χ2v) is 9.38. The molecule has 3 aromatic rings. The summed E-state index contributed by atoms with van der Waals surface area (Å²) in [5.74, 6) is 1.50. The normalized spacial score (nSPS) is 15.7. The molecule has 30 heavy (non-hydrogen) atoms. The van der Waals surface area contributed by atoms with Gasteiger partial charge in [-0.05, 0) is 61.9 Å². The molecule has 1 atom stereocenters. The van der Waals surface area contributed by atoms with Gasteiger partial charge in [-0.15, -0.1) is 16.4 Å². The first-order valence-electron chi connectivity index (χ1n) is 9.97. The number of carbonyl (C=O) groups excluding carboxylic acids is 1. The highest BCUT2D eigenvalue weighted by molar-refractivity contribution is 7.99. The summed E-state index contributed by atoms with van der Waals surface area (Å²) in [5.41, 5.74) is 4.48. The molecule has 1 unspecified atom stereocenters. The fourth-order valence-corrected chi connectivity index (χ4v) is 5.21. The van der Waals surface area contributed by atoms with Crippen molar-refractivity contribution in [3.05, 3.63) is 63.0 Å². The second-order valence-electron chi connectivity index (χ2n) is 7.37. The van der Waals surface area contributed by atoms with Crippen LogP contribution in [-0.4, -0.2) is 26.4 Å². The first-order chi connectivity index (χ1) is 14.5. The van der Waals surface area contributed by atoms with Crippen LogP contribution in [0.3, 0.4) is 0 Å². The molecule has 0 saturated carbocycles. The number of amides is 1. The van der Waals surface area contributed by atoms with E-state index in [0.717, 1.165) is 44.7 Å². The van der Waals surface area contributed by atoms with Gasteiger partial charge in [0.1, 0.15) is 6.04 Å². The third-order valence-corrected chi connectivity index (χ3v) is 7.05. The Bertz CT molecular complexity index is 1110. The van der Waals surface area contributed by atoms with Gasteiger partial charge in [0.15, 0.2) is 0 Å². The first-order valence-corrected chi connectivity index (χ1v) is 11.8. The molecule has 2 aromatic heterocycles. The zero-order valence-electron chi connectivity index (χ0n) is 17.5. The summed E-state index contributed by atoms with van der Waals surface area (Å²) < 4.78 is 1.86. The Morgan fingerprint density at radius 3 is 2.83 bits per heavy atom. The molecule has 1 aliphatic rings. The molecule has 0 saturated heterocycles. The van der Waals surface area contributed by atoms with Crippen molar-refractivity contribution in [1.29, 1.82) is 0 Å². The Morgan fingerprint density at radius 1 is 1.30 bits per heavy atom. The number of nitrogens with one attached hydrogen (secondary N) is 2. The topological polar surface area (TPSA) is 71.8 Å². The predicted octanol–water partition coefficient (Wildman–Crippen LogP) is 5.39. The predicted molar refractivity (Wildman–Crippen MR) is 124 cm³/mol. The fourth-order valence-electron chi connectivity index (χ4n) is 3.51. The van der Waals surface area contributed by atoms with Crippen molar-refractivity contribution >= 4 is 40.6 Å². The van der Waals surface area contributed by atoms with Crippen LogP contribution in [0.5, 0.6) is 0 Å². The van der Waals surface area contributed by atoms with E-state index in [9.17, 15) is 4.79 Å². The summed E-state index contributed by atoms with van der Waals surface area (Å²) in [5, 5.41) is 13.9. The van der Waals surface area contributed by atoms with Gasteiger partial charge in [0, 0.05) is 22.0 Å². The third-order valence-electron chi connectivity index (χ3n) is 4.94. The summed E-state index contributed by atoms with van der Waals surface area (Å²) in [4.78, 5) is 19.2. The van der Waals surface area contributed by atoms with Crippen LogP contribution in [0, 0.1) is 13.8 Å². The van der Waals surface area contributed by atoms with Crippen molar-refractivity contribution in [2.45, 2.75) is 45.3 Å². The molecule has 0 fully saturated rings. The van der Waals surface area contributed by atoms with E-state index in [-0.39, 0.29) is 11.9 Å². The summed E-state index contributed by atoms with van der Waals surface area (Å²) in [6, 6.07) is 9.60. The maximum absolute atomic E-state index is 13.4. The van der Waals surface area contributed by atoms with Crippen LogP contribution < -0.4 is 10.6 Å². The number of hydrogen-bond donors (Lipinski definition) is 2. The number of thiophene rings is 1. The van der Waals surface area contributed by atoms with E-state index in [2.05, 4.69) is 40.9 Å². The average Bonchev–Trinajstić information content (AvgIpc) is 3.30. The van der Waals surface area contributed by atoms with Crippen LogP contribution in [0.15, 0.2) is 52.1 Å². The number of thioether (sulfide) groups is 1.